The first-order valence-corrected chi connectivity index (χ1v) is 12.1. The van der Waals surface area contributed by atoms with Crippen LogP contribution in [-0.4, -0.2) is 43.2 Å². The molecule has 0 bridgehead atoms. The Bertz CT molecular complexity index is 1140. The van der Waals surface area contributed by atoms with Gasteiger partial charge in [0, 0.05) is 36.7 Å². The van der Waals surface area contributed by atoms with Gasteiger partial charge in [0.25, 0.3) is 5.91 Å². The average Bonchev–Trinajstić information content (AvgIpc) is 3.21. The summed E-state index contributed by atoms with van der Waals surface area (Å²) in [6.45, 7) is 3.89. The molecule has 3 rings (SSSR count). The summed E-state index contributed by atoms with van der Waals surface area (Å²) in [7, 11) is -3.63. The standard InChI is InChI=1S/C21H24N4O3S2/c1-15-4-5-16(2)19(14-15)30(27,28)24-11-10-22-20(26)17-6-8-18(9-7-17)25-13-12-23-21(25)29-3/h4-9,12-14,24H,10-11H2,1-3H3,(H,22,26). The minimum atomic E-state index is -3.63. The maximum absolute atomic E-state index is 12.5. The van der Waals surface area contributed by atoms with Gasteiger partial charge in [-0.2, -0.15) is 0 Å². The zero-order valence-corrected chi connectivity index (χ0v) is 18.7. The Morgan fingerprint density at radius 3 is 2.53 bits per heavy atom. The SMILES string of the molecule is CSc1nccn1-c1ccc(C(=O)NCCNS(=O)(=O)c2cc(C)ccc2C)cc1. The predicted molar refractivity (Wildman–Crippen MR) is 119 cm³/mol. The number of hydrogen-bond donors (Lipinski definition) is 2. The lowest BCUT2D eigenvalue weighted by Crippen LogP contribution is -2.35. The van der Waals surface area contributed by atoms with Crippen molar-refractivity contribution in [1.82, 2.24) is 19.6 Å². The first kappa shape index (κ1) is 22.1. The van der Waals surface area contributed by atoms with E-state index in [-0.39, 0.29) is 23.9 Å². The highest BCUT2D eigenvalue weighted by molar-refractivity contribution is 7.98. The molecule has 9 heteroatoms. The van der Waals surface area contributed by atoms with E-state index in [0.29, 0.717) is 11.1 Å². The van der Waals surface area contributed by atoms with Crippen LogP contribution in [0, 0.1) is 13.8 Å². The first-order chi connectivity index (χ1) is 14.3. The van der Waals surface area contributed by atoms with E-state index in [1.54, 1.807) is 37.4 Å². The second-order valence-corrected chi connectivity index (χ2v) is 9.26. The van der Waals surface area contributed by atoms with Crippen LogP contribution in [0.2, 0.25) is 0 Å². The third-order valence-electron chi connectivity index (χ3n) is 4.53. The smallest absolute Gasteiger partial charge is 0.251 e. The van der Waals surface area contributed by atoms with Gasteiger partial charge in [0.15, 0.2) is 5.16 Å². The van der Waals surface area contributed by atoms with Gasteiger partial charge in [-0.15, -0.1) is 0 Å². The number of hydrogen-bond acceptors (Lipinski definition) is 5. The summed E-state index contributed by atoms with van der Waals surface area (Å²) in [5.74, 6) is -0.261. The molecule has 0 aliphatic rings. The van der Waals surface area contributed by atoms with Gasteiger partial charge in [-0.05, 0) is 61.6 Å². The molecule has 0 aliphatic heterocycles. The van der Waals surface area contributed by atoms with Crippen LogP contribution in [0.25, 0.3) is 5.69 Å². The Balaban J connectivity index is 1.55. The summed E-state index contributed by atoms with van der Waals surface area (Å²) in [6.07, 6.45) is 5.55. The van der Waals surface area contributed by atoms with E-state index in [2.05, 4.69) is 15.0 Å². The van der Waals surface area contributed by atoms with Gasteiger partial charge in [0.1, 0.15) is 0 Å². The number of carbonyl (C=O) groups is 1. The molecule has 3 aromatic rings. The van der Waals surface area contributed by atoms with Gasteiger partial charge in [0.2, 0.25) is 10.0 Å². The number of amides is 1. The molecule has 1 heterocycles. The van der Waals surface area contributed by atoms with Crippen LogP contribution in [-0.2, 0) is 10.0 Å². The third kappa shape index (κ3) is 5.10. The molecule has 1 aromatic heterocycles. The van der Waals surface area contributed by atoms with Crippen molar-refractivity contribution < 1.29 is 13.2 Å². The van der Waals surface area contributed by atoms with Gasteiger partial charge in [-0.3, -0.25) is 9.36 Å². The van der Waals surface area contributed by atoms with Crippen LogP contribution >= 0.6 is 11.8 Å². The van der Waals surface area contributed by atoms with E-state index in [9.17, 15) is 13.2 Å². The summed E-state index contributed by atoms with van der Waals surface area (Å²) >= 11 is 1.54. The number of nitrogens with zero attached hydrogens (tertiary/aromatic N) is 2. The van der Waals surface area contributed by atoms with E-state index in [4.69, 9.17) is 0 Å². The predicted octanol–water partition coefficient (Wildman–Crippen LogP) is 2.92. The summed E-state index contributed by atoms with van der Waals surface area (Å²) in [5.41, 5.74) is 2.97. The van der Waals surface area contributed by atoms with Crippen molar-refractivity contribution in [1.29, 1.82) is 0 Å². The van der Waals surface area contributed by atoms with Crippen LogP contribution in [0.5, 0.6) is 0 Å². The van der Waals surface area contributed by atoms with E-state index < -0.39 is 10.0 Å². The van der Waals surface area contributed by atoms with Crippen molar-refractivity contribution in [3.8, 4) is 5.69 Å². The van der Waals surface area contributed by atoms with Crippen molar-refractivity contribution in [2.45, 2.75) is 23.9 Å². The molecular weight excluding hydrogens is 420 g/mol. The Morgan fingerprint density at radius 1 is 1.10 bits per heavy atom. The molecule has 7 nitrogen and oxygen atoms in total. The van der Waals surface area contributed by atoms with Crippen LogP contribution in [0.3, 0.4) is 0 Å². The highest BCUT2D eigenvalue weighted by Crippen LogP contribution is 2.18. The van der Waals surface area contributed by atoms with Gasteiger partial charge in [-0.1, -0.05) is 23.9 Å². The van der Waals surface area contributed by atoms with Crippen molar-refractivity contribution in [3.63, 3.8) is 0 Å². The fourth-order valence-corrected chi connectivity index (χ4v) is 4.84. The van der Waals surface area contributed by atoms with Crippen LogP contribution in [0.1, 0.15) is 21.5 Å². The quantitative estimate of drug-likeness (QED) is 0.412. The number of nitrogens with one attached hydrogen (secondary N) is 2. The molecule has 1 amide bonds. The topological polar surface area (TPSA) is 93.1 Å². The molecule has 0 radical (unpaired) electrons. The minimum Gasteiger partial charge on any atom is -0.351 e. The molecule has 158 valence electrons. The number of thioether (sulfide) groups is 1. The fourth-order valence-electron chi connectivity index (χ4n) is 2.95. The van der Waals surface area contributed by atoms with Crippen molar-refractivity contribution >= 4 is 27.7 Å². The summed E-state index contributed by atoms with van der Waals surface area (Å²) in [4.78, 5) is 16.9. The lowest BCUT2D eigenvalue weighted by atomic mass is 10.2. The van der Waals surface area contributed by atoms with Gasteiger partial charge in [0.05, 0.1) is 4.90 Å². The number of carbonyl (C=O) groups excluding carboxylic acids is 1. The molecule has 0 fully saturated rings. The molecule has 0 unspecified atom stereocenters. The Kier molecular flexibility index (Phi) is 6.96. The summed E-state index contributed by atoms with van der Waals surface area (Å²) in [6, 6.07) is 12.4. The number of rotatable bonds is 8. The first-order valence-electron chi connectivity index (χ1n) is 9.35. The van der Waals surface area contributed by atoms with Gasteiger partial charge in [-0.25, -0.2) is 18.1 Å². The second kappa shape index (κ2) is 9.46. The molecule has 0 aliphatic carbocycles. The summed E-state index contributed by atoms with van der Waals surface area (Å²) < 4.78 is 29.5. The van der Waals surface area contributed by atoms with Gasteiger partial charge >= 0.3 is 0 Å². The Labute approximate surface area is 181 Å². The van der Waals surface area contributed by atoms with Crippen LogP contribution < -0.4 is 10.0 Å². The Morgan fingerprint density at radius 2 is 1.83 bits per heavy atom. The van der Waals surface area contributed by atoms with Crippen molar-refractivity contribution in [2.75, 3.05) is 19.3 Å². The maximum atomic E-state index is 12.5. The molecule has 30 heavy (non-hydrogen) atoms. The molecule has 2 N–H and O–H groups in total. The molecule has 0 spiro atoms. The number of sulfonamides is 1. The molecular formula is C21H24N4O3S2. The maximum Gasteiger partial charge on any atom is 0.251 e. The third-order valence-corrected chi connectivity index (χ3v) is 6.80. The fraction of sp³-hybridized carbons (Fsp3) is 0.238. The van der Waals surface area contributed by atoms with Crippen molar-refractivity contribution in [2.24, 2.45) is 0 Å². The lowest BCUT2D eigenvalue weighted by molar-refractivity contribution is 0.0954. The number of imidazole rings is 1. The highest BCUT2D eigenvalue weighted by atomic mass is 32.2. The van der Waals surface area contributed by atoms with E-state index in [1.165, 1.54) is 11.8 Å². The summed E-state index contributed by atoms with van der Waals surface area (Å²) in [5, 5.41) is 3.60. The average molecular weight is 445 g/mol. The molecule has 0 atom stereocenters. The lowest BCUT2D eigenvalue weighted by Gasteiger charge is -2.11. The highest BCUT2D eigenvalue weighted by Gasteiger charge is 2.16. The van der Waals surface area contributed by atoms with Gasteiger partial charge < -0.3 is 5.32 Å². The second-order valence-electron chi connectivity index (χ2n) is 6.75. The van der Waals surface area contributed by atoms with Crippen LogP contribution in [0.4, 0.5) is 0 Å². The number of benzene rings is 2. The molecule has 0 saturated carbocycles. The monoisotopic (exact) mass is 444 g/mol. The minimum absolute atomic E-state index is 0.103. The largest absolute Gasteiger partial charge is 0.351 e. The zero-order chi connectivity index (χ0) is 21.7. The number of aryl methyl sites for hydroxylation is 2. The zero-order valence-electron chi connectivity index (χ0n) is 17.0. The molecule has 0 saturated heterocycles. The number of aromatic nitrogens is 2. The van der Waals surface area contributed by atoms with E-state index in [1.807, 2.05) is 42.1 Å². The normalized spacial score (nSPS) is 11.4. The van der Waals surface area contributed by atoms with Crippen LogP contribution in [0.15, 0.2) is 64.9 Å². The molecule has 2 aromatic carbocycles. The van der Waals surface area contributed by atoms with Crippen molar-refractivity contribution in [3.05, 3.63) is 71.5 Å². The van der Waals surface area contributed by atoms with E-state index >= 15 is 0 Å². The Hall–Kier alpha value is -2.62. The van der Waals surface area contributed by atoms with E-state index in [0.717, 1.165) is 16.4 Å².